The van der Waals surface area contributed by atoms with Crippen LogP contribution in [-0.4, -0.2) is 29.3 Å². The van der Waals surface area contributed by atoms with E-state index in [1.54, 1.807) is 6.07 Å². The molecule has 2 rings (SSSR count). The number of carbonyl (C=O) groups excluding carboxylic acids is 2. The summed E-state index contributed by atoms with van der Waals surface area (Å²) in [6, 6.07) is 1.43. The molecule has 0 aromatic carbocycles. The smallest absolute Gasteiger partial charge is 0.301 e. The Kier molecular flexibility index (Phi) is 3.63. The largest absolute Gasteiger partial charge is 0.459 e. The molecule has 2 heterocycles. The van der Waals surface area contributed by atoms with Crippen molar-refractivity contribution in [2.75, 3.05) is 6.54 Å². The second-order valence-corrected chi connectivity index (χ2v) is 4.28. The summed E-state index contributed by atoms with van der Waals surface area (Å²) in [6.45, 7) is 1.23. The third-order valence-electron chi connectivity index (χ3n) is 3.15. The van der Waals surface area contributed by atoms with E-state index in [0.29, 0.717) is 12.1 Å². The molecular formula is C11H16N4O3. The zero-order valence-electron chi connectivity index (χ0n) is 9.89. The summed E-state index contributed by atoms with van der Waals surface area (Å²) in [4.78, 5) is 24.7. The van der Waals surface area contributed by atoms with Crippen molar-refractivity contribution in [2.45, 2.75) is 25.4 Å². The number of likely N-dealkylation sites (tertiary alicyclic amines) is 1. The van der Waals surface area contributed by atoms with E-state index < -0.39 is 5.91 Å². The Hall–Kier alpha value is -1.86. The van der Waals surface area contributed by atoms with Crippen molar-refractivity contribution in [2.24, 2.45) is 11.6 Å². The fourth-order valence-electron chi connectivity index (χ4n) is 2.28. The van der Waals surface area contributed by atoms with Gasteiger partial charge in [0.2, 0.25) is 5.91 Å². The molecule has 1 aromatic rings. The molecule has 7 heteroatoms. The number of nitrogen functional groups attached to an aromatic ring is 1. The lowest BCUT2D eigenvalue weighted by molar-refractivity contribution is -0.122. The third-order valence-corrected chi connectivity index (χ3v) is 3.15. The van der Waals surface area contributed by atoms with Crippen LogP contribution in [0.4, 0.5) is 0 Å². The number of hydrazine groups is 1. The maximum absolute atomic E-state index is 11.4. The molecule has 1 aliphatic rings. The van der Waals surface area contributed by atoms with E-state index >= 15 is 0 Å². The lowest BCUT2D eigenvalue weighted by atomic mass is 10.2. The first kappa shape index (κ1) is 12.6. The molecule has 1 fully saturated rings. The van der Waals surface area contributed by atoms with E-state index in [0.717, 1.165) is 19.4 Å². The fourth-order valence-corrected chi connectivity index (χ4v) is 2.28. The van der Waals surface area contributed by atoms with Gasteiger partial charge in [-0.1, -0.05) is 0 Å². The van der Waals surface area contributed by atoms with Crippen molar-refractivity contribution in [1.29, 1.82) is 0 Å². The lowest BCUT2D eigenvalue weighted by Gasteiger charge is -2.21. The predicted molar refractivity (Wildman–Crippen MR) is 63.0 cm³/mol. The van der Waals surface area contributed by atoms with Crippen molar-refractivity contribution < 1.29 is 14.0 Å². The van der Waals surface area contributed by atoms with Crippen LogP contribution in [0.2, 0.25) is 0 Å². The summed E-state index contributed by atoms with van der Waals surface area (Å²) in [6.07, 6.45) is 3.10. The van der Waals surface area contributed by atoms with Gasteiger partial charge >= 0.3 is 5.91 Å². The SMILES string of the molecule is NNC(=O)c1occc1CN1CCCC1C(N)=O. The molecule has 5 N–H and O–H groups in total. The number of furan rings is 1. The number of nitrogens with two attached hydrogens (primary N) is 2. The highest BCUT2D eigenvalue weighted by Crippen LogP contribution is 2.21. The van der Waals surface area contributed by atoms with Crippen LogP contribution in [0, 0.1) is 0 Å². The predicted octanol–water partition coefficient (Wildman–Crippen LogP) is -0.667. The highest BCUT2D eigenvalue weighted by molar-refractivity contribution is 5.92. The van der Waals surface area contributed by atoms with Crippen LogP contribution in [0.3, 0.4) is 0 Å². The second kappa shape index (κ2) is 5.19. The maximum atomic E-state index is 11.4. The number of primary amides is 1. The average molecular weight is 252 g/mol. The van der Waals surface area contributed by atoms with Crippen molar-refractivity contribution >= 4 is 11.8 Å². The van der Waals surface area contributed by atoms with E-state index in [-0.39, 0.29) is 17.7 Å². The summed E-state index contributed by atoms with van der Waals surface area (Å²) in [5, 5.41) is 0. The molecule has 18 heavy (non-hydrogen) atoms. The Labute approximate surface area is 104 Å². The Morgan fingerprint density at radius 2 is 2.33 bits per heavy atom. The molecule has 0 spiro atoms. The minimum Gasteiger partial charge on any atom is -0.459 e. The van der Waals surface area contributed by atoms with Crippen LogP contribution < -0.4 is 17.0 Å². The van der Waals surface area contributed by atoms with Gasteiger partial charge in [0.1, 0.15) is 0 Å². The molecule has 1 saturated heterocycles. The van der Waals surface area contributed by atoms with Gasteiger partial charge in [0, 0.05) is 12.1 Å². The lowest BCUT2D eigenvalue weighted by Crippen LogP contribution is -2.40. The molecule has 7 nitrogen and oxygen atoms in total. The van der Waals surface area contributed by atoms with Crippen LogP contribution in [0.25, 0.3) is 0 Å². The standard InChI is InChI=1S/C11H16N4O3/c12-10(16)8-2-1-4-15(8)6-7-3-5-18-9(7)11(17)14-13/h3,5,8H,1-2,4,6,13H2,(H2,12,16)(H,14,17). The minimum absolute atomic E-state index is 0.174. The molecule has 1 aromatic heterocycles. The Balaban J connectivity index is 2.12. The van der Waals surface area contributed by atoms with Crippen LogP contribution in [0.1, 0.15) is 29.0 Å². The van der Waals surface area contributed by atoms with Crippen molar-refractivity contribution in [3.63, 3.8) is 0 Å². The number of rotatable bonds is 4. The molecular weight excluding hydrogens is 236 g/mol. The first-order valence-electron chi connectivity index (χ1n) is 5.74. The van der Waals surface area contributed by atoms with Crippen LogP contribution in [-0.2, 0) is 11.3 Å². The van der Waals surface area contributed by atoms with Gasteiger partial charge in [0.15, 0.2) is 5.76 Å². The van der Waals surface area contributed by atoms with Crippen LogP contribution in [0.15, 0.2) is 16.7 Å². The number of nitrogens with one attached hydrogen (secondary N) is 1. The first-order valence-corrected chi connectivity index (χ1v) is 5.74. The fraction of sp³-hybridized carbons (Fsp3) is 0.455. The van der Waals surface area contributed by atoms with E-state index in [4.69, 9.17) is 16.0 Å². The van der Waals surface area contributed by atoms with E-state index in [1.165, 1.54) is 6.26 Å². The Morgan fingerprint density at radius 1 is 1.56 bits per heavy atom. The summed E-state index contributed by atoms with van der Waals surface area (Å²) < 4.78 is 5.09. The summed E-state index contributed by atoms with van der Waals surface area (Å²) >= 11 is 0. The number of nitrogens with zero attached hydrogens (tertiary/aromatic N) is 1. The molecule has 1 aliphatic heterocycles. The van der Waals surface area contributed by atoms with Crippen molar-refractivity contribution in [3.05, 3.63) is 23.7 Å². The van der Waals surface area contributed by atoms with Crippen LogP contribution >= 0.6 is 0 Å². The Bertz CT molecular complexity index is 457. The normalized spacial score (nSPS) is 19.9. The second-order valence-electron chi connectivity index (χ2n) is 4.28. The monoisotopic (exact) mass is 252 g/mol. The number of carbonyl (C=O) groups is 2. The van der Waals surface area contributed by atoms with Gasteiger partial charge in [-0.15, -0.1) is 0 Å². The molecule has 98 valence electrons. The molecule has 2 amide bonds. The van der Waals surface area contributed by atoms with Gasteiger partial charge in [0.05, 0.1) is 12.3 Å². The highest BCUT2D eigenvalue weighted by atomic mass is 16.3. The number of amides is 2. The zero-order chi connectivity index (χ0) is 13.1. The maximum Gasteiger partial charge on any atom is 0.301 e. The Morgan fingerprint density at radius 3 is 3.00 bits per heavy atom. The van der Waals surface area contributed by atoms with E-state index in [2.05, 4.69) is 0 Å². The zero-order valence-corrected chi connectivity index (χ0v) is 9.89. The van der Waals surface area contributed by atoms with Crippen LogP contribution in [0.5, 0.6) is 0 Å². The molecule has 1 atom stereocenters. The van der Waals surface area contributed by atoms with E-state index in [9.17, 15) is 9.59 Å². The number of hydrogen-bond acceptors (Lipinski definition) is 5. The summed E-state index contributed by atoms with van der Waals surface area (Å²) in [5.74, 6) is 4.43. The van der Waals surface area contributed by atoms with Gasteiger partial charge in [-0.25, -0.2) is 5.84 Å². The van der Waals surface area contributed by atoms with Crippen molar-refractivity contribution in [3.8, 4) is 0 Å². The third kappa shape index (κ3) is 2.36. The quantitative estimate of drug-likeness (QED) is 0.373. The summed E-state index contributed by atoms with van der Waals surface area (Å²) in [5.41, 5.74) is 8.06. The van der Waals surface area contributed by atoms with Gasteiger partial charge in [-0.3, -0.25) is 19.9 Å². The molecule has 0 radical (unpaired) electrons. The molecule has 1 unspecified atom stereocenters. The molecule has 0 bridgehead atoms. The minimum atomic E-state index is -0.482. The summed E-state index contributed by atoms with van der Waals surface area (Å²) in [7, 11) is 0. The van der Waals surface area contributed by atoms with Gasteiger partial charge in [-0.2, -0.15) is 0 Å². The highest BCUT2D eigenvalue weighted by Gasteiger charge is 2.30. The number of hydrogen-bond donors (Lipinski definition) is 3. The molecule has 0 saturated carbocycles. The van der Waals surface area contributed by atoms with Gasteiger partial charge in [0.25, 0.3) is 0 Å². The first-order chi connectivity index (χ1) is 8.63. The topological polar surface area (TPSA) is 115 Å². The van der Waals surface area contributed by atoms with E-state index in [1.807, 2.05) is 10.3 Å². The average Bonchev–Trinajstić information content (AvgIpc) is 2.97. The molecule has 0 aliphatic carbocycles. The van der Waals surface area contributed by atoms with Gasteiger partial charge < -0.3 is 10.2 Å². The van der Waals surface area contributed by atoms with Gasteiger partial charge in [-0.05, 0) is 25.5 Å². The van der Waals surface area contributed by atoms with Crippen molar-refractivity contribution in [1.82, 2.24) is 10.3 Å².